The Morgan fingerprint density at radius 1 is 1.03 bits per heavy atom. The summed E-state index contributed by atoms with van der Waals surface area (Å²) in [6, 6.07) is 11.9. The Bertz CT molecular complexity index is 1310. The van der Waals surface area contributed by atoms with Gasteiger partial charge in [0.2, 0.25) is 0 Å². The zero-order valence-electron chi connectivity index (χ0n) is 17.2. The van der Waals surface area contributed by atoms with E-state index >= 15 is 0 Å². The smallest absolute Gasteiger partial charge is 0.161 e. The van der Waals surface area contributed by atoms with Crippen LogP contribution in [0, 0.1) is 0 Å². The number of hydrogen-bond acceptors (Lipinski definition) is 7. The van der Waals surface area contributed by atoms with Crippen molar-refractivity contribution in [2.45, 2.75) is 31.6 Å². The number of hydrogen-bond donors (Lipinski definition) is 1. The molecule has 0 radical (unpaired) electrons. The highest BCUT2D eigenvalue weighted by molar-refractivity contribution is 5.77. The van der Waals surface area contributed by atoms with E-state index in [0.717, 1.165) is 39.6 Å². The van der Waals surface area contributed by atoms with Gasteiger partial charge in [-0.25, -0.2) is 19.9 Å². The van der Waals surface area contributed by atoms with Crippen LogP contribution < -0.4 is 4.74 Å². The van der Waals surface area contributed by atoms with Gasteiger partial charge in [-0.05, 0) is 32.0 Å². The molecule has 3 aromatic heterocycles. The number of benzene rings is 1. The standard InChI is InChI=1S/C23H21N5O3/c1-22(2,29)21-24-9-14(10-25-21)16-7-8-17-20(27-16)28-19(26-17)11-30-12-23(28)13-31-18-6-4-3-5-15(18)23/h3-10,29H,11-13H2,1-2H3. The minimum absolute atomic E-state index is 0.370. The second kappa shape index (κ2) is 6.32. The Hall–Kier alpha value is -3.36. The minimum atomic E-state index is -1.09. The Balaban J connectivity index is 1.52. The van der Waals surface area contributed by atoms with E-state index in [0.29, 0.717) is 25.6 Å². The monoisotopic (exact) mass is 415 g/mol. The lowest BCUT2D eigenvalue weighted by atomic mass is 9.91. The predicted molar refractivity (Wildman–Crippen MR) is 112 cm³/mol. The molecule has 0 fully saturated rings. The van der Waals surface area contributed by atoms with Crippen molar-refractivity contribution in [3.05, 3.63) is 66.0 Å². The summed E-state index contributed by atoms with van der Waals surface area (Å²) in [7, 11) is 0. The summed E-state index contributed by atoms with van der Waals surface area (Å²) in [6.07, 6.45) is 3.38. The number of pyridine rings is 1. The lowest BCUT2D eigenvalue weighted by Crippen LogP contribution is -2.45. The fourth-order valence-corrected chi connectivity index (χ4v) is 4.42. The number of ether oxygens (including phenoxy) is 2. The molecule has 8 nitrogen and oxygen atoms in total. The van der Waals surface area contributed by atoms with Gasteiger partial charge in [-0.15, -0.1) is 0 Å². The van der Waals surface area contributed by atoms with Crippen LogP contribution in [0.25, 0.3) is 22.4 Å². The van der Waals surface area contributed by atoms with Crippen LogP contribution in [0.4, 0.5) is 0 Å². The summed E-state index contributed by atoms with van der Waals surface area (Å²) in [5.74, 6) is 2.07. The highest BCUT2D eigenvalue weighted by Gasteiger charge is 2.47. The zero-order valence-corrected chi connectivity index (χ0v) is 17.2. The van der Waals surface area contributed by atoms with E-state index in [1.165, 1.54) is 0 Å². The summed E-state index contributed by atoms with van der Waals surface area (Å²) in [4.78, 5) is 18.4. The Kier molecular flexibility index (Phi) is 3.75. The average molecular weight is 415 g/mol. The summed E-state index contributed by atoms with van der Waals surface area (Å²) in [6.45, 7) is 4.72. The average Bonchev–Trinajstić information content (AvgIpc) is 3.33. The van der Waals surface area contributed by atoms with Gasteiger partial charge in [0.15, 0.2) is 11.5 Å². The largest absolute Gasteiger partial charge is 0.490 e. The highest BCUT2D eigenvalue weighted by Crippen LogP contribution is 2.44. The van der Waals surface area contributed by atoms with E-state index in [2.05, 4.69) is 20.6 Å². The molecule has 156 valence electrons. The van der Waals surface area contributed by atoms with Crippen molar-refractivity contribution >= 4 is 11.2 Å². The summed E-state index contributed by atoms with van der Waals surface area (Å²) >= 11 is 0. The van der Waals surface area contributed by atoms with Crippen LogP contribution in [-0.4, -0.2) is 42.8 Å². The van der Waals surface area contributed by atoms with Crippen molar-refractivity contribution in [2.75, 3.05) is 13.2 Å². The first-order valence-corrected chi connectivity index (χ1v) is 10.2. The Labute approximate surface area is 178 Å². The molecular weight excluding hydrogens is 394 g/mol. The number of nitrogens with zero attached hydrogens (tertiary/aromatic N) is 5. The third kappa shape index (κ3) is 2.68. The van der Waals surface area contributed by atoms with Gasteiger partial charge in [0.25, 0.3) is 0 Å². The van der Waals surface area contributed by atoms with Gasteiger partial charge in [-0.1, -0.05) is 18.2 Å². The van der Waals surface area contributed by atoms with E-state index in [1.807, 2.05) is 30.3 Å². The third-order valence-electron chi connectivity index (χ3n) is 5.92. The zero-order chi connectivity index (χ0) is 21.2. The first kappa shape index (κ1) is 18.4. The summed E-state index contributed by atoms with van der Waals surface area (Å²) in [5, 5.41) is 10.1. The Morgan fingerprint density at radius 2 is 1.84 bits per heavy atom. The van der Waals surface area contributed by atoms with Gasteiger partial charge >= 0.3 is 0 Å². The summed E-state index contributed by atoms with van der Waals surface area (Å²) < 4.78 is 14.1. The fraction of sp³-hybridized carbons (Fsp3) is 0.304. The van der Waals surface area contributed by atoms with Gasteiger partial charge in [0.05, 0.1) is 12.3 Å². The van der Waals surface area contributed by atoms with Crippen LogP contribution in [0.15, 0.2) is 48.8 Å². The number of aliphatic hydroxyl groups is 1. The van der Waals surface area contributed by atoms with Crippen LogP contribution in [0.3, 0.4) is 0 Å². The molecule has 1 spiro atoms. The maximum Gasteiger partial charge on any atom is 0.161 e. The highest BCUT2D eigenvalue weighted by atomic mass is 16.5. The molecule has 0 saturated carbocycles. The van der Waals surface area contributed by atoms with Gasteiger partial charge in [0.1, 0.15) is 41.4 Å². The molecule has 1 unspecified atom stereocenters. The van der Waals surface area contributed by atoms with Crippen LogP contribution in [0.2, 0.25) is 0 Å². The number of imidazole rings is 1. The van der Waals surface area contributed by atoms with E-state index in [4.69, 9.17) is 19.4 Å². The van der Waals surface area contributed by atoms with E-state index in [1.54, 1.807) is 26.2 Å². The SMILES string of the molecule is CC(C)(O)c1ncc(-c2ccc3nc4n(c3n2)C2(COC4)COc3ccccc32)cn1. The van der Waals surface area contributed by atoms with Crippen molar-refractivity contribution in [3.63, 3.8) is 0 Å². The molecule has 1 atom stereocenters. The fourth-order valence-electron chi connectivity index (χ4n) is 4.42. The molecular formula is C23H21N5O3. The lowest BCUT2D eigenvalue weighted by molar-refractivity contribution is 0.0134. The maximum atomic E-state index is 10.1. The predicted octanol–water partition coefficient (Wildman–Crippen LogP) is 2.78. The molecule has 0 bridgehead atoms. The van der Waals surface area contributed by atoms with Gasteiger partial charge in [-0.2, -0.15) is 0 Å². The van der Waals surface area contributed by atoms with Crippen molar-refractivity contribution < 1.29 is 14.6 Å². The first-order valence-electron chi connectivity index (χ1n) is 10.2. The van der Waals surface area contributed by atoms with Gasteiger partial charge < -0.3 is 14.6 Å². The van der Waals surface area contributed by atoms with Crippen LogP contribution in [0.5, 0.6) is 5.75 Å². The summed E-state index contributed by atoms with van der Waals surface area (Å²) in [5.41, 5.74) is 2.60. The van der Waals surface area contributed by atoms with Crippen molar-refractivity contribution in [1.29, 1.82) is 0 Å². The number of rotatable bonds is 2. The molecule has 6 rings (SSSR count). The van der Waals surface area contributed by atoms with Gasteiger partial charge in [0, 0.05) is 23.5 Å². The molecule has 5 heterocycles. The number of para-hydroxylation sites is 1. The molecule has 31 heavy (non-hydrogen) atoms. The molecule has 0 aliphatic carbocycles. The molecule has 8 heteroatoms. The molecule has 1 N–H and O–H groups in total. The van der Waals surface area contributed by atoms with Crippen LogP contribution in [-0.2, 0) is 22.5 Å². The van der Waals surface area contributed by atoms with E-state index in [-0.39, 0.29) is 0 Å². The molecule has 2 aliphatic heterocycles. The second-order valence-electron chi connectivity index (χ2n) is 8.57. The van der Waals surface area contributed by atoms with E-state index < -0.39 is 11.1 Å². The Morgan fingerprint density at radius 3 is 2.65 bits per heavy atom. The molecule has 0 amide bonds. The quantitative estimate of drug-likeness (QED) is 0.538. The van der Waals surface area contributed by atoms with Crippen molar-refractivity contribution in [2.24, 2.45) is 0 Å². The molecule has 4 aromatic rings. The van der Waals surface area contributed by atoms with Gasteiger partial charge in [-0.3, -0.25) is 4.57 Å². The topological polar surface area (TPSA) is 95.2 Å². The van der Waals surface area contributed by atoms with Crippen molar-refractivity contribution in [3.8, 4) is 17.0 Å². The first-order chi connectivity index (χ1) is 15.0. The molecule has 0 saturated heterocycles. The van der Waals surface area contributed by atoms with Crippen LogP contribution >= 0.6 is 0 Å². The van der Waals surface area contributed by atoms with Crippen LogP contribution in [0.1, 0.15) is 31.1 Å². The second-order valence-corrected chi connectivity index (χ2v) is 8.57. The molecule has 2 aliphatic rings. The molecule has 1 aromatic carbocycles. The van der Waals surface area contributed by atoms with Crippen molar-refractivity contribution in [1.82, 2.24) is 24.5 Å². The lowest BCUT2D eigenvalue weighted by Gasteiger charge is -2.34. The number of aromatic nitrogens is 5. The minimum Gasteiger partial charge on any atom is -0.490 e. The normalized spacial score (nSPS) is 20.0. The van der Waals surface area contributed by atoms with E-state index in [9.17, 15) is 5.11 Å². The maximum absolute atomic E-state index is 10.1. The third-order valence-corrected chi connectivity index (χ3v) is 5.92. The number of fused-ring (bicyclic) bond motifs is 6.